The summed E-state index contributed by atoms with van der Waals surface area (Å²) in [7, 11) is 1.58. The number of phenolic OH excluding ortho intramolecular Hbond substituents is 2. The van der Waals surface area contributed by atoms with Crippen LogP contribution >= 0.6 is 0 Å². The van der Waals surface area contributed by atoms with Gasteiger partial charge in [-0.3, -0.25) is 0 Å². The van der Waals surface area contributed by atoms with Crippen LogP contribution < -0.4 is 10.1 Å². The third-order valence-electron chi connectivity index (χ3n) is 2.98. The second-order valence-corrected chi connectivity index (χ2v) is 4.35. The summed E-state index contributed by atoms with van der Waals surface area (Å²) in [5, 5.41) is 31.8. The van der Waals surface area contributed by atoms with E-state index in [1.807, 2.05) is 24.3 Å². The van der Waals surface area contributed by atoms with Gasteiger partial charge in [-0.1, -0.05) is 18.2 Å². The van der Waals surface area contributed by atoms with Crippen LogP contribution in [0.4, 0.5) is 5.69 Å². The van der Waals surface area contributed by atoms with Crippen LogP contribution in [-0.4, -0.2) is 29.0 Å². The van der Waals surface area contributed by atoms with E-state index in [0.29, 0.717) is 11.3 Å². The third-order valence-corrected chi connectivity index (χ3v) is 2.98. The zero-order chi connectivity index (χ0) is 14.5. The molecule has 0 spiro atoms. The van der Waals surface area contributed by atoms with Crippen LogP contribution in [0.2, 0.25) is 0 Å². The molecule has 0 aliphatic rings. The molecule has 2 rings (SSSR count). The smallest absolute Gasteiger partial charge is 0.157 e. The maximum atomic E-state index is 10.1. The van der Waals surface area contributed by atoms with Crippen molar-refractivity contribution < 1.29 is 20.1 Å². The van der Waals surface area contributed by atoms with Gasteiger partial charge >= 0.3 is 0 Å². The molecule has 5 heteroatoms. The molecule has 0 heterocycles. The Bertz CT molecular complexity index is 586. The number of phenols is 2. The van der Waals surface area contributed by atoms with E-state index in [1.54, 1.807) is 13.2 Å². The number of aliphatic hydroxyl groups is 1. The third kappa shape index (κ3) is 3.13. The minimum Gasteiger partial charge on any atom is -0.504 e. The summed E-state index contributed by atoms with van der Waals surface area (Å²) in [5.41, 5.74) is 1.29. The molecule has 1 atom stereocenters. The van der Waals surface area contributed by atoms with Crippen molar-refractivity contribution in [1.29, 1.82) is 0 Å². The van der Waals surface area contributed by atoms with Gasteiger partial charge in [-0.15, -0.1) is 0 Å². The first-order valence-electron chi connectivity index (χ1n) is 6.18. The predicted octanol–water partition coefficient (Wildman–Crippen LogP) is 2.25. The normalized spacial score (nSPS) is 11.9. The van der Waals surface area contributed by atoms with Crippen molar-refractivity contribution in [1.82, 2.24) is 0 Å². The lowest BCUT2D eigenvalue weighted by Crippen LogP contribution is -2.12. The monoisotopic (exact) mass is 275 g/mol. The van der Waals surface area contributed by atoms with Crippen LogP contribution in [0.5, 0.6) is 17.2 Å². The highest BCUT2D eigenvalue weighted by Crippen LogP contribution is 2.29. The average molecular weight is 275 g/mol. The van der Waals surface area contributed by atoms with Crippen molar-refractivity contribution in [3.8, 4) is 17.2 Å². The van der Waals surface area contributed by atoms with Gasteiger partial charge in [0.15, 0.2) is 11.5 Å². The van der Waals surface area contributed by atoms with Gasteiger partial charge in [0.2, 0.25) is 0 Å². The highest BCUT2D eigenvalue weighted by Gasteiger charge is 2.11. The number of aromatic hydroxyl groups is 2. The molecule has 4 N–H and O–H groups in total. The van der Waals surface area contributed by atoms with Crippen molar-refractivity contribution in [2.45, 2.75) is 6.10 Å². The van der Waals surface area contributed by atoms with Gasteiger partial charge in [0.05, 0.1) is 18.9 Å². The molecule has 106 valence electrons. The summed E-state index contributed by atoms with van der Waals surface area (Å²) in [5.74, 6) is 0.228. The van der Waals surface area contributed by atoms with E-state index >= 15 is 0 Å². The minimum atomic E-state index is -0.814. The van der Waals surface area contributed by atoms with E-state index in [4.69, 9.17) is 4.74 Å². The summed E-state index contributed by atoms with van der Waals surface area (Å²) in [4.78, 5) is 0. The van der Waals surface area contributed by atoms with Gasteiger partial charge in [-0.05, 0) is 29.8 Å². The Balaban J connectivity index is 2.04. The number of hydrogen-bond acceptors (Lipinski definition) is 5. The molecule has 0 aromatic heterocycles. The molecule has 0 aliphatic carbocycles. The molecule has 1 unspecified atom stereocenters. The van der Waals surface area contributed by atoms with Crippen LogP contribution in [0, 0.1) is 0 Å². The fourth-order valence-electron chi connectivity index (χ4n) is 1.86. The van der Waals surface area contributed by atoms with E-state index in [-0.39, 0.29) is 18.0 Å². The lowest BCUT2D eigenvalue weighted by Gasteiger charge is -2.15. The number of ether oxygens (including phenoxy) is 1. The maximum absolute atomic E-state index is 10.1. The van der Waals surface area contributed by atoms with Gasteiger partial charge in [-0.25, -0.2) is 0 Å². The lowest BCUT2D eigenvalue weighted by molar-refractivity contribution is 0.191. The molecule has 2 aromatic rings. The van der Waals surface area contributed by atoms with Crippen molar-refractivity contribution >= 4 is 5.69 Å². The highest BCUT2D eigenvalue weighted by molar-refractivity contribution is 5.56. The van der Waals surface area contributed by atoms with E-state index in [2.05, 4.69) is 5.32 Å². The van der Waals surface area contributed by atoms with Crippen molar-refractivity contribution in [3.63, 3.8) is 0 Å². The number of aliphatic hydroxyl groups excluding tert-OH is 1. The van der Waals surface area contributed by atoms with Crippen molar-refractivity contribution in [2.24, 2.45) is 0 Å². The molecule has 0 aliphatic heterocycles. The largest absolute Gasteiger partial charge is 0.504 e. The zero-order valence-corrected chi connectivity index (χ0v) is 11.1. The SMILES string of the molecule is COc1ccccc1NCC(O)c1ccc(O)c(O)c1. The van der Waals surface area contributed by atoms with E-state index in [9.17, 15) is 15.3 Å². The molecule has 0 saturated carbocycles. The Hall–Kier alpha value is -2.40. The van der Waals surface area contributed by atoms with Gasteiger partial charge in [0, 0.05) is 6.54 Å². The molecule has 2 aromatic carbocycles. The number of benzene rings is 2. The van der Waals surface area contributed by atoms with Gasteiger partial charge in [-0.2, -0.15) is 0 Å². The molecule has 20 heavy (non-hydrogen) atoms. The standard InChI is InChI=1S/C15H17NO4/c1-20-15-5-3-2-4-11(15)16-9-14(19)10-6-7-12(17)13(18)8-10/h2-8,14,16-19H,9H2,1H3. The number of hydrogen-bond donors (Lipinski definition) is 4. The first-order valence-corrected chi connectivity index (χ1v) is 6.18. The zero-order valence-electron chi connectivity index (χ0n) is 11.1. The van der Waals surface area contributed by atoms with Crippen LogP contribution in [0.1, 0.15) is 11.7 Å². The topological polar surface area (TPSA) is 82.0 Å². The Kier molecular flexibility index (Phi) is 4.32. The molecular weight excluding hydrogens is 258 g/mol. The second kappa shape index (κ2) is 6.16. The van der Waals surface area contributed by atoms with Gasteiger partial charge < -0.3 is 25.4 Å². The lowest BCUT2D eigenvalue weighted by atomic mass is 10.1. The summed E-state index contributed by atoms with van der Waals surface area (Å²) >= 11 is 0. The van der Waals surface area contributed by atoms with Gasteiger partial charge in [0.25, 0.3) is 0 Å². The van der Waals surface area contributed by atoms with Gasteiger partial charge in [0.1, 0.15) is 5.75 Å². The predicted molar refractivity (Wildman–Crippen MR) is 76.2 cm³/mol. The van der Waals surface area contributed by atoms with Crippen molar-refractivity contribution in [2.75, 3.05) is 19.0 Å². The molecular formula is C15H17NO4. The number of rotatable bonds is 5. The van der Waals surface area contributed by atoms with Crippen LogP contribution in [-0.2, 0) is 0 Å². The quantitative estimate of drug-likeness (QED) is 0.629. The molecule has 0 radical (unpaired) electrons. The van der Waals surface area contributed by atoms with E-state index < -0.39 is 6.10 Å². The van der Waals surface area contributed by atoms with E-state index in [1.165, 1.54) is 12.1 Å². The molecule has 0 fully saturated rings. The highest BCUT2D eigenvalue weighted by atomic mass is 16.5. The summed E-state index contributed by atoms with van der Waals surface area (Å²) < 4.78 is 5.20. The molecule has 0 amide bonds. The van der Waals surface area contributed by atoms with E-state index in [0.717, 1.165) is 5.69 Å². The second-order valence-electron chi connectivity index (χ2n) is 4.35. The van der Waals surface area contributed by atoms with Crippen LogP contribution in [0.25, 0.3) is 0 Å². The molecule has 0 bridgehead atoms. The fraction of sp³-hybridized carbons (Fsp3) is 0.200. The minimum absolute atomic E-state index is 0.210. The number of methoxy groups -OCH3 is 1. The number of para-hydroxylation sites is 2. The number of nitrogens with one attached hydrogen (secondary N) is 1. The molecule has 5 nitrogen and oxygen atoms in total. The summed E-state index contributed by atoms with van der Waals surface area (Å²) in [6, 6.07) is 11.6. The number of anilines is 1. The fourth-order valence-corrected chi connectivity index (χ4v) is 1.86. The Morgan fingerprint density at radius 1 is 1.10 bits per heavy atom. The summed E-state index contributed by atoms with van der Waals surface area (Å²) in [6.07, 6.45) is -0.814. The van der Waals surface area contributed by atoms with Crippen LogP contribution in [0.15, 0.2) is 42.5 Å². The Labute approximate surface area is 117 Å². The Morgan fingerprint density at radius 2 is 1.85 bits per heavy atom. The average Bonchev–Trinajstić information content (AvgIpc) is 2.47. The molecule has 0 saturated heterocycles. The maximum Gasteiger partial charge on any atom is 0.157 e. The first-order chi connectivity index (χ1) is 9.61. The summed E-state index contributed by atoms with van der Waals surface area (Å²) in [6.45, 7) is 0.255. The van der Waals surface area contributed by atoms with Crippen LogP contribution in [0.3, 0.4) is 0 Å². The first kappa shape index (κ1) is 14.0. The Morgan fingerprint density at radius 3 is 2.55 bits per heavy atom. The van der Waals surface area contributed by atoms with Crippen molar-refractivity contribution in [3.05, 3.63) is 48.0 Å².